The van der Waals surface area contributed by atoms with Gasteiger partial charge in [0.15, 0.2) is 11.5 Å². The van der Waals surface area contributed by atoms with Crippen molar-refractivity contribution in [2.24, 2.45) is 0 Å². The lowest BCUT2D eigenvalue weighted by Crippen LogP contribution is -2.28. The lowest BCUT2D eigenvalue weighted by Gasteiger charge is -2.11. The van der Waals surface area contributed by atoms with E-state index < -0.39 is 10.0 Å². The molecule has 2 aromatic rings. The van der Waals surface area contributed by atoms with Gasteiger partial charge in [-0.3, -0.25) is 0 Å². The van der Waals surface area contributed by atoms with Crippen LogP contribution in [0.4, 0.5) is 0 Å². The first-order valence-corrected chi connectivity index (χ1v) is 9.56. The maximum absolute atomic E-state index is 12.3. The van der Waals surface area contributed by atoms with Gasteiger partial charge in [0.05, 0.1) is 25.7 Å². The molecule has 0 spiro atoms. The van der Waals surface area contributed by atoms with Gasteiger partial charge in [0.2, 0.25) is 10.0 Å². The summed E-state index contributed by atoms with van der Waals surface area (Å²) in [6.07, 6.45) is 0. The molecule has 0 saturated carbocycles. The van der Waals surface area contributed by atoms with Gasteiger partial charge in [0.25, 0.3) is 0 Å². The standard InChI is InChI=1S/C18H23NO6S/c1-4-24-14-5-7-15(8-6-14)25-12-11-19-26(20,21)16-9-10-17(22-2)18(13-16)23-3/h5-10,13,19H,4,11-12H2,1-3H3. The molecule has 0 aromatic heterocycles. The maximum Gasteiger partial charge on any atom is 0.240 e. The lowest BCUT2D eigenvalue weighted by molar-refractivity contribution is 0.319. The Balaban J connectivity index is 1.90. The predicted octanol–water partition coefficient (Wildman–Crippen LogP) is 2.46. The molecule has 8 heteroatoms. The van der Waals surface area contributed by atoms with Crippen molar-refractivity contribution < 1.29 is 27.4 Å². The van der Waals surface area contributed by atoms with Crippen LogP contribution in [0.1, 0.15) is 6.92 Å². The van der Waals surface area contributed by atoms with E-state index in [0.29, 0.717) is 23.9 Å². The van der Waals surface area contributed by atoms with Gasteiger partial charge < -0.3 is 18.9 Å². The van der Waals surface area contributed by atoms with Crippen molar-refractivity contribution in [2.75, 3.05) is 34.0 Å². The highest BCUT2D eigenvalue weighted by atomic mass is 32.2. The van der Waals surface area contributed by atoms with Crippen LogP contribution in [0.25, 0.3) is 0 Å². The molecule has 0 amide bonds. The molecule has 0 bridgehead atoms. The second kappa shape index (κ2) is 9.30. The molecule has 0 atom stereocenters. The molecule has 0 saturated heterocycles. The van der Waals surface area contributed by atoms with Gasteiger partial charge in [-0.05, 0) is 43.3 Å². The first-order chi connectivity index (χ1) is 12.5. The van der Waals surface area contributed by atoms with E-state index in [1.807, 2.05) is 6.92 Å². The summed E-state index contributed by atoms with van der Waals surface area (Å²) in [6, 6.07) is 11.6. The number of methoxy groups -OCH3 is 2. The van der Waals surface area contributed by atoms with Crippen LogP contribution in [0.3, 0.4) is 0 Å². The van der Waals surface area contributed by atoms with Crippen molar-refractivity contribution in [2.45, 2.75) is 11.8 Å². The Bertz CT molecular complexity index is 805. The van der Waals surface area contributed by atoms with Gasteiger partial charge >= 0.3 is 0 Å². The number of hydrogen-bond donors (Lipinski definition) is 1. The first-order valence-electron chi connectivity index (χ1n) is 8.07. The Morgan fingerprint density at radius 2 is 1.50 bits per heavy atom. The molecular formula is C18H23NO6S. The fourth-order valence-electron chi connectivity index (χ4n) is 2.21. The summed E-state index contributed by atoms with van der Waals surface area (Å²) in [5.41, 5.74) is 0. The Morgan fingerprint density at radius 3 is 2.08 bits per heavy atom. The molecule has 0 heterocycles. The Hall–Kier alpha value is -2.45. The zero-order chi connectivity index (χ0) is 19.0. The largest absolute Gasteiger partial charge is 0.494 e. The van der Waals surface area contributed by atoms with E-state index in [-0.39, 0.29) is 18.0 Å². The van der Waals surface area contributed by atoms with Crippen LogP contribution in [0.2, 0.25) is 0 Å². The summed E-state index contributed by atoms with van der Waals surface area (Å²) in [5.74, 6) is 2.21. The van der Waals surface area contributed by atoms with Gasteiger partial charge in [-0.15, -0.1) is 0 Å². The smallest absolute Gasteiger partial charge is 0.240 e. The van der Waals surface area contributed by atoms with Crippen LogP contribution in [0, 0.1) is 0 Å². The topological polar surface area (TPSA) is 83.1 Å². The monoisotopic (exact) mass is 381 g/mol. The van der Waals surface area contributed by atoms with E-state index in [2.05, 4.69) is 4.72 Å². The highest BCUT2D eigenvalue weighted by molar-refractivity contribution is 7.89. The quantitative estimate of drug-likeness (QED) is 0.637. The van der Waals surface area contributed by atoms with Crippen molar-refractivity contribution in [1.82, 2.24) is 4.72 Å². The molecule has 0 radical (unpaired) electrons. The molecule has 2 aromatic carbocycles. The first kappa shape index (κ1) is 19.9. The molecule has 0 aliphatic heterocycles. The highest BCUT2D eigenvalue weighted by Gasteiger charge is 2.16. The second-order valence-electron chi connectivity index (χ2n) is 5.17. The third-order valence-corrected chi connectivity index (χ3v) is 4.92. The molecular weight excluding hydrogens is 358 g/mol. The van der Waals surface area contributed by atoms with Gasteiger partial charge in [-0.1, -0.05) is 0 Å². The van der Waals surface area contributed by atoms with Crippen molar-refractivity contribution in [3.63, 3.8) is 0 Å². The minimum absolute atomic E-state index is 0.0937. The summed E-state index contributed by atoms with van der Waals surface area (Å²) in [7, 11) is -0.733. The average Bonchev–Trinajstić information content (AvgIpc) is 2.66. The van der Waals surface area contributed by atoms with Crippen LogP contribution < -0.4 is 23.7 Å². The minimum atomic E-state index is -3.67. The fourth-order valence-corrected chi connectivity index (χ4v) is 3.24. The van der Waals surface area contributed by atoms with Crippen LogP contribution in [0.15, 0.2) is 47.4 Å². The van der Waals surface area contributed by atoms with Crippen LogP contribution >= 0.6 is 0 Å². The van der Waals surface area contributed by atoms with Crippen molar-refractivity contribution in [3.8, 4) is 23.0 Å². The Labute approximate surface area is 153 Å². The Morgan fingerprint density at radius 1 is 0.885 bits per heavy atom. The summed E-state index contributed by atoms with van der Waals surface area (Å²) < 4.78 is 48.3. The third-order valence-electron chi connectivity index (χ3n) is 3.46. The summed E-state index contributed by atoms with van der Waals surface area (Å²) >= 11 is 0. The number of ether oxygens (including phenoxy) is 4. The van der Waals surface area contributed by atoms with E-state index in [9.17, 15) is 8.42 Å². The number of benzene rings is 2. The number of nitrogens with one attached hydrogen (secondary N) is 1. The zero-order valence-corrected chi connectivity index (χ0v) is 15.8. The number of hydrogen-bond acceptors (Lipinski definition) is 6. The normalized spacial score (nSPS) is 11.0. The molecule has 26 heavy (non-hydrogen) atoms. The third kappa shape index (κ3) is 5.27. The van der Waals surface area contributed by atoms with E-state index in [1.165, 1.54) is 26.4 Å². The SMILES string of the molecule is CCOc1ccc(OCCNS(=O)(=O)c2ccc(OC)c(OC)c2)cc1. The maximum atomic E-state index is 12.3. The van der Waals surface area contributed by atoms with Gasteiger partial charge in [0, 0.05) is 12.6 Å². The second-order valence-corrected chi connectivity index (χ2v) is 6.93. The summed E-state index contributed by atoms with van der Waals surface area (Å²) in [5, 5.41) is 0. The van der Waals surface area contributed by atoms with Crippen molar-refractivity contribution in [1.29, 1.82) is 0 Å². The molecule has 1 N–H and O–H groups in total. The van der Waals surface area contributed by atoms with Gasteiger partial charge in [-0.2, -0.15) is 0 Å². The molecule has 0 aliphatic carbocycles. The molecule has 142 valence electrons. The molecule has 0 aliphatic rings. The van der Waals surface area contributed by atoms with E-state index in [1.54, 1.807) is 30.3 Å². The lowest BCUT2D eigenvalue weighted by atomic mass is 10.3. The summed E-state index contributed by atoms with van der Waals surface area (Å²) in [4.78, 5) is 0.0937. The predicted molar refractivity (Wildman–Crippen MR) is 97.8 cm³/mol. The minimum Gasteiger partial charge on any atom is -0.494 e. The van der Waals surface area contributed by atoms with Crippen LogP contribution in [0.5, 0.6) is 23.0 Å². The Kier molecular flexibility index (Phi) is 7.11. The number of sulfonamides is 1. The van der Waals surface area contributed by atoms with E-state index in [4.69, 9.17) is 18.9 Å². The average molecular weight is 381 g/mol. The van der Waals surface area contributed by atoms with Crippen molar-refractivity contribution in [3.05, 3.63) is 42.5 Å². The molecule has 0 fully saturated rings. The number of rotatable bonds is 10. The van der Waals surface area contributed by atoms with Gasteiger partial charge in [-0.25, -0.2) is 13.1 Å². The zero-order valence-electron chi connectivity index (χ0n) is 15.0. The van der Waals surface area contributed by atoms with Crippen molar-refractivity contribution >= 4 is 10.0 Å². The molecule has 0 unspecified atom stereocenters. The fraction of sp³-hybridized carbons (Fsp3) is 0.333. The highest BCUT2D eigenvalue weighted by Crippen LogP contribution is 2.29. The van der Waals surface area contributed by atoms with Gasteiger partial charge in [0.1, 0.15) is 18.1 Å². The van der Waals surface area contributed by atoms with E-state index in [0.717, 1.165) is 5.75 Å². The van der Waals surface area contributed by atoms with Crippen LogP contribution in [-0.4, -0.2) is 42.4 Å². The van der Waals surface area contributed by atoms with E-state index >= 15 is 0 Å². The molecule has 2 rings (SSSR count). The summed E-state index contributed by atoms with van der Waals surface area (Å²) in [6.45, 7) is 2.83. The van der Waals surface area contributed by atoms with Crippen LogP contribution in [-0.2, 0) is 10.0 Å². The molecule has 7 nitrogen and oxygen atoms in total.